The summed E-state index contributed by atoms with van der Waals surface area (Å²) in [5.41, 5.74) is 10.9. The van der Waals surface area contributed by atoms with Gasteiger partial charge in [0.05, 0.1) is 33.3 Å². The third-order valence-corrected chi connectivity index (χ3v) is 8.31. The van der Waals surface area contributed by atoms with Crippen molar-refractivity contribution in [2.45, 2.75) is 0 Å². The number of rotatable bonds is 4. The summed E-state index contributed by atoms with van der Waals surface area (Å²) >= 11 is 0. The molecule has 9 rings (SSSR count). The van der Waals surface area contributed by atoms with Crippen molar-refractivity contribution >= 4 is 43.9 Å². The van der Waals surface area contributed by atoms with E-state index in [9.17, 15) is 0 Å². The minimum Gasteiger partial charge on any atom is -0.306 e. The van der Waals surface area contributed by atoms with Gasteiger partial charge in [-0.3, -0.25) is 4.57 Å². The molecule has 43 heavy (non-hydrogen) atoms. The first kappa shape index (κ1) is 23.7. The summed E-state index contributed by atoms with van der Waals surface area (Å²) in [5.74, 6) is 0.643. The van der Waals surface area contributed by atoms with Gasteiger partial charge in [0.25, 0.3) is 0 Å². The molecule has 9 aromatic rings. The molecule has 0 radical (unpaired) electrons. The maximum atomic E-state index is 5.16. The smallest absolute Gasteiger partial charge is 0.235 e. The molecule has 0 saturated carbocycles. The fourth-order valence-corrected chi connectivity index (χ4v) is 6.56. The molecule has 4 aromatic heterocycles. The summed E-state index contributed by atoms with van der Waals surface area (Å²) in [6, 6.07) is 50.8. The first-order valence-electron chi connectivity index (χ1n) is 14.5. The molecule has 202 valence electrons. The van der Waals surface area contributed by atoms with Crippen LogP contribution < -0.4 is 0 Å². The summed E-state index contributed by atoms with van der Waals surface area (Å²) in [5, 5.41) is 2.34. The minimum atomic E-state index is 0.643. The zero-order valence-corrected chi connectivity index (χ0v) is 23.2. The zero-order chi connectivity index (χ0) is 28.3. The minimum absolute atomic E-state index is 0.643. The van der Waals surface area contributed by atoms with Crippen LogP contribution in [-0.4, -0.2) is 23.7 Å². The molecule has 0 saturated heterocycles. The van der Waals surface area contributed by atoms with E-state index in [2.05, 4.69) is 135 Å². The van der Waals surface area contributed by atoms with Crippen LogP contribution in [0.1, 0.15) is 0 Å². The number of aromatic nitrogens is 5. The van der Waals surface area contributed by atoms with Gasteiger partial charge >= 0.3 is 0 Å². The van der Waals surface area contributed by atoms with Crippen molar-refractivity contribution in [3.05, 3.63) is 152 Å². The molecule has 0 N–H and O–H groups in total. The molecular weight excluding hydrogens is 526 g/mol. The third kappa shape index (κ3) is 3.45. The second-order valence-corrected chi connectivity index (χ2v) is 10.7. The van der Waals surface area contributed by atoms with E-state index >= 15 is 0 Å². The van der Waals surface area contributed by atoms with Gasteiger partial charge in [0.1, 0.15) is 5.52 Å². The van der Waals surface area contributed by atoms with E-state index in [1.165, 1.54) is 5.39 Å². The predicted molar refractivity (Wildman–Crippen MR) is 175 cm³/mol. The highest BCUT2D eigenvalue weighted by molar-refractivity contribution is 6.25. The highest BCUT2D eigenvalue weighted by Gasteiger charge is 2.28. The molecule has 0 amide bonds. The maximum absolute atomic E-state index is 5.16. The van der Waals surface area contributed by atoms with E-state index in [4.69, 9.17) is 9.97 Å². The van der Waals surface area contributed by atoms with E-state index in [0.717, 1.165) is 61.1 Å². The standard InChI is InChI=1S/C38H25N5/c1-4-14-26(15-5-1)31-24-25-39-38(40-31)43-33-23-13-11-21-30(33)35-37(43)36-34(42(35)28-18-8-3-9-19-28)29-20-10-12-22-32(29)41(36)27-16-6-2-7-17-27/h1-25H. The van der Waals surface area contributed by atoms with Gasteiger partial charge in [0.2, 0.25) is 5.95 Å². The quantitative estimate of drug-likeness (QED) is 0.219. The van der Waals surface area contributed by atoms with Crippen LogP contribution in [0.2, 0.25) is 0 Å². The molecule has 5 aromatic carbocycles. The average molecular weight is 552 g/mol. The van der Waals surface area contributed by atoms with E-state index in [1.807, 2.05) is 30.5 Å². The van der Waals surface area contributed by atoms with Crippen LogP contribution in [0.3, 0.4) is 0 Å². The molecule has 0 unspecified atom stereocenters. The summed E-state index contributed by atoms with van der Waals surface area (Å²) in [6.45, 7) is 0. The lowest BCUT2D eigenvalue weighted by Crippen LogP contribution is -2.02. The normalized spacial score (nSPS) is 11.7. The maximum Gasteiger partial charge on any atom is 0.235 e. The Morgan fingerprint density at radius 1 is 0.395 bits per heavy atom. The second kappa shape index (κ2) is 9.29. The number of hydrogen-bond donors (Lipinski definition) is 0. The summed E-state index contributed by atoms with van der Waals surface area (Å²) in [7, 11) is 0. The van der Waals surface area contributed by atoms with Crippen molar-refractivity contribution < 1.29 is 0 Å². The molecule has 0 aliphatic heterocycles. The lowest BCUT2D eigenvalue weighted by atomic mass is 10.1. The van der Waals surface area contributed by atoms with Gasteiger partial charge in [-0.1, -0.05) is 103 Å². The van der Waals surface area contributed by atoms with Gasteiger partial charge in [-0.15, -0.1) is 0 Å². The molecule has 0 bridgehead atoms. The van der Waals surface area contributed by atoms with Crippen molar-refractivity contribution in [2.75, 3.05) is 0 Å². The summed E-state index contributed by atoms with van der Waals surface area (Å²) < 4.78 is 7.06. The van der Waals surface area contributed by atoms with Crippen LogP contribution in [0.4, 0.5) is 0 Å². The molecule has 0 aliphatic rings. The Morgan fingerprint density at radius 3 is 1.51 bits per heavy atom. The zero-order valence-electron chi connectivity index (χ0n) is 23.2. The molecule has 0 spiro atoms. The molecule has 5 nitrogen and oxygen atoms in total. The van der Waals surface area contributed by atoms with Crippen molar-refractivity contribution in [1.29, 1.82) is 0 Å². The van der Waals surface area contributed by atoms with Gasteiger partial charge in [-0.05, 0) is 42.5 Å². The van der Waals surface area contributed by atoms with Crippen LogP contribution in [0, 0.1) is 0 Å². The summed E-state index contributed by atoms with van der Waals surface area (Å²) in [4.78, 5) is 10.1. The van der Waals surface area contributed by atoms with E-state index < -0.39 is 0 Å². The molecule has 4 heterocycles. The van der Waals surface area contributed by atoms with Crippen LogP contribution in [-0.2, 0) is 0 Å². The molecule has 5 heteroatoms. The van der Waals surface area contributed by atoms with Gasteiger partial charge in [0.15, 0.2) is 0 Å². The van der Waals surface area contributed by atoms with Gasteiger partial charge in [-0.2, -0.15) is 0 Å². The van der Waals surface area contributed by atoms with Crippen molar-refractivity contribution in [3.63, 3.8) is 0 Å². The SMILES string of the molecule is c1ccc(-c2ccnc(-n3c4ccccc4c4c3c3c(c5ccccc5n3-c3ccccc3)n4-c3ccccc3)n2)cc1. The lowest BCUT2D eigenvalue weighted by Gasteiger charge is -2.10. The second-order valence-electron chi connectivity index (χ2n) is 10.7. The average Bonchev–Trinajstić information content (AvgIpc) is 3.71. The Hall–Kier alpha value is -5.94. The number of hydrogen-bond acceptors (Lipinski definition) is 2. The predicted octanol–water partition coefficient (Wildman–Crippen LogP) is 9.13. The first-order valence-corrected chi connectivity index (χ1v) is 14.5. The molecular formula is C38H25N5. The van der Waals surface area contributed by atoms with Crippen LogP contribution >= 0.6 is 0 Å². The number of fused-ring (bicyclic) bond motifs is 7. The van der Waals surface area contributed by atoms with Gasteiger partial charge in [-0.25, -0.2) is 9.97 Å². The van der Waals surface area contributed by atoms with Crippen LogP contribution in [0.25, 0.3) is 72.5 Å². The van der Waals surface area contributed by atoms with E-state index in [1.54, 1.807) is 0 Å². The Morgan fingerprint density at radius 2 is 0.884 bits per heavy atom. The van der Waals surface area contributed by atoms with Crippen molar-refractivity contribution in [2.24, 2.45) is 0 Å². The Labute approximate surface area is 247 Å². The van der Waals surface area contributed by atoms with E-state index in [0.29, 0.717) is 5.95 Å². The van der Waals surface area contributed by atoms with Crippen LogP contribution in [0.5, 0.6) is 0 Å². The lowest BCUT2D eigenvalue weighted by molar-refractivity contribution is 0.991. The highest BCUT2D eigenvalue weighted by atomic mass is 15.2. The van der Waals surface area contributed by atoms with Crippen LogP contribution in [0.15, 0.2) is 152 Å². The summed E-state index contributed by atoms with van der Waals surface area (Å²) in [6.07, 6.45) is 1.86. The Balaban J connectivity index is 1.53. The monoisotopic (exact) mass is 551 g/mol. The molecule has 0 fully saturated rings. The first-order chi connectivity index (χ1) is 21.4. The third-order valence-electron chi connectivity index (χ3n) is 8.31. The fraction of sp³-hybridized carbons (Fsp3) is 0. The molecule has 0 aliphatic carbocycles. The van der Waals surface area contributed by atoms with Crippen molar-refractivity contribution in [1.82, 2.24) is 23.7 Å². The fourth-order valence-electron chi connectivity index (χ4n) is 6.56. The number of para-hydroxylation sites is 4. The Bertz CT molecular complexity index is 2430. The van der Waals surface area contributed by atoms with Gasteiger partial charge < -0.3 is 9.13 Å². The highest BCUT2D eigenvalue weighted by Crippen LogP contribution is 2.45. The topological polar surface area (TPSA) is 40.6 Å². The van der Waals surface area contributed by atoms with Gasteiger partial charge in [0, 0.05) is 33.9 Å². The Kier molecular flexibility index (Phi) is 5.13. The number of nitrogens with zero attached hydrogens (tertiary/aromatic N) is 5. The molecule has 0 atom stereocenters. The van der Waals surface area contributed by atoms with Crippen molar-refractivity contribution in [3.8, 4) is 28.6 Å². The largest absolute Gasteiger partial charge is 0.306 e. The van der Waals surface area contributed by atoms with E-state index in [-0.39, 0.29) is 0 Å². The number of benzene rings is 5.